The van der Waals surface area contributed by atoms with Crippen molar-refractivity contribution in [1.82, 2.24) is 10.2 Å². The first kappa shape index (κ1) is 18.7. The minimum atomic E-state index is -0.128. The number of nitrogens with zero attached hydrogens (tertiary/aromatic N) is 3. The molecule has 1 heterocycles. The van der Waals surface area contributed by atoms with Gasteiger partial charge in [0.2, 0.25) is 0 Å². The molecule has 1 aliphatic rings. The Kier molecular flexibility index (Phi) is 6.29. The van der Waals surface area contributed by atoms with Crippen LogP contribution in [-0.2, 0) is 17.8 Å². The average Bonchev–Trinajstić information content (AvgIpc) is 2.73. The lowest BCUT2D eigenvalue weighted by molar-refractivity contribution is 0.122. The fraction of sp³-hybridized carbons (Fsp3) is 0.333. The summed E-state index contributed by atoms with van der Waals surface area (Å²) >= 11 is 0. The number of nitrogens with one attached hydrogen (secondary N) is 1. The molecule has 0 bridgehead atoms. The molecule has 1 N–H and O–H groups in total. The summed E-state index contributed by atoms with van der Waals surface area (Å²) in [7, 11) is 1.76. The number of amides is 2. The van der Waals surface area contributed by atoms with Crippen LogP contribution >= 0.6 is 0 Å². The van der Waals surface area contributed by atoms with Gasteiger partial charge in [-0.1, -0.05) is 24.3 Å². The van der Waals surface area contributed by atoms with E-state index in [1.807, 2.05) is 24.3 Å². The number of nitriles is 1. The van der Waals surface area contributed by atoms with Crippen LogP contribution in [0.4, 0.5) is 10.5 Å². The molecule has 27 heavy (non-hydrogen) atoms. The van der Waals surface area contributed by atoms with Gasteiger partial charge in [-0.05, 0) is 35.4 Å². The smallest absolute Gasteiger partial charge is 0.317 e. The Morgan fingerprint density at radius 2 is 1.74 bits per heavy atom. The van der Waals surface area contributed by atoms with Crippen LogP contribution in [0.1, 0.15) is 16.7 Å². The van der Waals surface area contributed by atoms with E-state index in [9.17, 15) is 4.79 Å². The van der Waals surface area contributed by atoms with Crippen LogP contribution in [0.5, 0.6) is 0 Å². The van der Waals surface area contributed by atoms with Gasteiger partial charge in [-0.3, -0.25) is 0 Å². The van der Waals surface area contributed by atoms with Crippen molar-refractivity contribution < 1.29 is 9.53 Å². The van der Waals surface area contributed by atoms with Gasteiger partial charge in [0.05, 0.1) is 24.8 Å². The van der Waals surface area contributed by atoms with Crippen LogP contribution in [-0.4, -0.2) is 44.3 Å². The fourth-order valence-corrected chi connectivity index (χ4v) is 2.99. The average molecular weight is 364 g/mol. The van der Waals surface area contributed by atoms with E-state index in [0.29, 0.717) is 18.7 Å². The summed E-state index contributed by atoms with van der Waals surface area (Å²) in [5, 5.41) is 11.8. The first-order valence-electron chi connectivity index (χ1n) is 9.05. The lowest BCUT2D eigenvalue weighted by Gasteiger charge is -2.29. The monoisotopic (exact) mass is 364 g/mol. The van der Waals surface area contributed by atoms with Gasteiger partial charge in [-0.2, -0.15) is 5.26 Å². The standard InChI is InChI=1S/C21H24N4O2/c1-24(16-19-4-2-17(14-22)3-5-19)21(26)23-15-18-6-8-20(9-7-18)25-10-12-27-13-11-25/h2-9H,10-13,15-16H2,1H3,(H,23,26). The normalized spacial score (nSPS) is 13.7. The molecule has 0 spiro atoms. The third-order valence-electron chi connectivity index (χ3n) is 4.61. The van der Waals surface area contributed by atoms with E-state index in [1.165, 1.54) is 5.69 Å². The topological polar surface area (TPSA) is 68.6 Å². The molecule has 0 saturated carbocycles. The summed E-state index contributed by atoms with van der Waals surface area (Å²) in [6.45, 7) is 4.34. The molecule has 6 heteroatoms. The van der Waals surface area contributed by atoms with Crippen molar-refractivity contribution in [2.45, 2.75) is 13.1 Å². The van der Waals surface area contributed by atoms with Crippen LogP contribution in [0.2, 0.25) is 0 Å². The van der Waals surface area contributed by atoms with E-state index in [0.717, 1.165) is 37.4 Å². The Hall–Kier alpha value is -3.04. The van der Waals surface area contributed by atoms with E-state index in [-0.39, 0.29) is 6.03 Å². The summed E-state index contributed by atoms with van der Waals surface area (Å²) < 4.78 is 5.38. The Balaban J connectivity index is 1.48. The third-order valence-corrected chi connectivity index (χ3v) is 4.61. The van der Waals surface area contributed by atoms with Crippen LogP contribution in [0.25, 0.3) is 0 Å². The van der Waals surface area contributed by atoms with Gasteiger partial charge in [0, 0.05) is 38.9 Å². The molecule has 0 aliphatic carbocycles. The SMILES string of the molecule is CN(Cc1ccc(C#N)cc1)C(=O)NCc1ccc(N2CCOCC2)cc1. The number of anilines is 1. The molecule has 140 valence electrons. The van der Waals surface area contributed by atoms with Crippen LogP contribution in [0.15, 0.2) is 48.5 Å². The van der Waals surface area contributed by atoms with Crippen molar-refractivity contribution in [3.05, 3.63) is 65.2 Å². The predicted octanol–water partition coefficient (Wildman–Crippen LogP) is 2.74. The molecule has 1 fully saturated rings. The molecule has 2 aromatic carbocycles. The first-order chi connectivity index (χ1) is 13.2. The summed E-state index contributed by atoms with van der Waals surface area (Å²) in [4.78, 5) is 16.2. The Morgan fingerprint density at radius 3 is 2.37 bits per heavy atom. The molecular weight excluding hydrogens is 340 g/mol. The summed E-state index contributed by atoms with van der Waals surface area (Å²) in [5.74, 6) is 0. The third kappa shape index (κ3) is 5.22. The molecule has 2 amide bonds. The predicted molar refractivity (Wildman–Crippen MR) is 104 cm³/mol. The van der Waals surface area contributed by atoms with E-state index >= 15 is 0 Å². The van der Waals surface area contributed by atoms with Gasteiger partial charge in [-0.15, -0.1) is 0 Å². The zero-order valence-corrected chi connectivity index (χ0v) is 15.5. The van der Waals surface area contributed by atoms with Crippen LogP contribution < -0.4 is 10.2 Å². The minimum Gasteiger partial charge on any atom is -0.378 e. The van der Waals surface area contributed by atoms with Crippen molar-refractivity contribution in [3.8, 4) is 6.07 Å². The number of ether oxygens (including phenoxy) is 1. The van der Waals surface area contributed by atoms with Gasteiger partial charge in [0.1, 0.15) is 0 Å². The number of urea groups is 1. The quantitative estimate of drug-likeness (QED) is 0.886. The highest BCUT2D eigenvalue weighted by Gasteiger charge is 2.12. The Labute approximate surface area is 160 Å². The number of hydrogen-bond acceptors (Lipinski definition) is 4. The lowest BCUT2D eigenvalue weighted by atomic mass is 10.1. The first-order valence-corrected chi connectivity index (χ1v) is 9.05. The molecule has 0 unspecified atom stereocenters. The maximum atomic E-state index is 12.3. The highest BCUT2D eigenvalue weighted by atomic mass is 16.5. The van der Waals surface area contributed by atoms with Crippen molar-refractivity contribution >= 4 is 11.7 Å². The Bertz CT molecular complexity index is 790. The summed E-state index contributed by atoms with van der Waals surface area (Å²) in [6, 6.07) is 17.5. The van der Waals surface area contributed by atoms with Crippen LogP contribution in [0.3, 0.4) is 0 Å². The molecule has 0 atom stereocenters. The maximum Gasteiger partial charge on any atom is 0.317 e. The number of morpholine rings is 1. The highest BCUT2D eigenvalue weighted by Crippen LogP contribution is 2.16. The van der Waals surface area contributed by atoms with Crippen molar-refractivity contribution in [1.29, 1.82) is 5.26 Å². The van der Waals surface area contributed by atoms with Gasteiger partial charge in [0.25, 0.3) is 0 Å². The fourth-order valence-electron chi connectivity index (χ4n) is 2.99. The zero-order valence-electron chi connectivity index (χ0n) is 15.5. The van der Waals surface area contributed by atoms with Crippen molar-refractivity contribution in [3.63, 3.8) is 0 Å². The lowest BCUT2D eigenvalue weighted by Crippen LogP contribution is -2.36. The van der Waals surface area contributed by atoms with Gasteiger partial charge in [-0.25, -0.2) is 4.79 Å². The van der Waals surface area contributed by atoms with Crippen molar-refractivity contribution in [2.75, 3.05) is 38.3 Å². The second kappa shape index (κ2) is 9.06. The molecule has 6 nitrogen and oxygen atoms in total. The van der Waals surface area contributed by atoms with Gasteiger partial charge in [0.15, 0.2) is 0 Å². The number of benzene rings is 2. The minimum absolute atomic E-state index is 0.128. The molecule has 0 radical (unpaired) electrons. The Morgan fingerprint density at radius 1 is 1.11 bits per heavy atom. The van der Waals surface area contributed by atoms with Gasteiger partial charge < -0.3 is 19.9 Å². The molecule has 3 rings (SSSR count). The summed E-state index contributed by atoms with van der Waals surface area (Å²) in [6.07, 6.45) is 0. The highest BCUT2D eigenvalue weighted by molar-refractivity contribution is 5.73. The maximum absolute atomic E-state index is 12.3. The number of rotatable bonds is 5. The molecule has 1 aliphatic heterocycles. The number of hydrogen-bond donors (Lipinski definition) is 1. The largest absolute Gasteiger partial charge is 0.378 e. The number of carbonyl (C=O) groups is 1. The second-order valence-corrected chi connectivity index (χ2v) is 6.59. The van der Waals surface area contributed by atoms with E-state index < -0.39 is 0 Å². The molecular formula is C21H24N4O2. The van der Waals surface area contributed by atoms with E-state index in [4.69, 9.17) is 10.00 Å². The molecule has 1 saturated heterocycles. The molecule has 2 aromatic rings. The summed E-state index contributed by atoms with van der Waals surface area (Å²) in [5.41, 5.74) is 3.85. The van der Waals surface area contributed by atoms with Gasteiger partial charge >= 0.3 is 6.03 Å². The van der Waals surface area contributed by atoms with E-state index in [2.05, 4.69) is 28.4 Å². The second-order valence-electron chi connectivity index (χ2n) is 6.59. The zero-order chi connectivity index (χ0) is 19.1. The number of carbonyl (C=O) groups excluding carboxylic acids is 1. The van der Waals surface area contributed by atoms with E-state index in [1.54, 1.807) is 24.1 Å². The molecule has 0 aromatic heterocycles. The van der Waals surface area contributed by atoms with Crippen molar-refractivity contribution in [2.24, 2.45) is 0 Å². The van der Waals surface area contributed by atoms with Crippen LogP contribution in [0, 0.1) is 11.3 Å².